The Balaban J connectivity index is 4.06. The highest BCUT2D eigenvalue weighted by molar-refractivity contribution is 4.87. The number of aliphatic hydroxyl groups excluding tert-OH is 2. The second-order valence-corrected chi connectivity index (χ2v) is 3.84. The Kier molecular flexibility index (Phi) is 6.00. The third kappa shape index (κ3) is 3.92. The molecule has 0 unspecified atom stereocenters. The van der Waals surface area contributed by atoms with E-state index in [0.29, 0.717) is 0 Å². The van der Waals surface area contributed by atoms with Crippen LogP contribution in [-0.4, -0.2) is 22.4 Å². The molecule has 2 N–H and O–H groups in total. The Morgan fingerprint density at radius 3 is 2.23 bits per heavy atom. The van der Waals surface area contributed by atoms with Crippen LogP contribution in [0, 0.1) is 11.8 Å². The van der Waals surface area contributed by atoms with Gasteiger partial charge in [-0.2, -0.15) is 0 Å². The predicted octanol–water partition coefficient (Wildman–Crippen LogP) is 1.97. The number of aliphatic hydroxyl groups is 2. The zero-order valence-corrected chi connectivity index (χ0v) is 8.90. The van der Waals surface area contributed by atoms with E-state index in [-0.39, 0.29) is 11.8 Å². The molecule has 0 spiro atoms. The van der Waals surface area contributed by atoms with E-state index in [2.05, 4.69) is 13.5 Å². The molecule has 0 saturated carbocycles. The normalized spacial score (nSPS) is 20.4. The molecular formula is C11H22O2. The smallest absolute Gasteiger partial charge is 0.0768 e. The van der Waals surface area contributed by atoms with E-state index in [0.717, 1.165) is 12.8 Å². The number of hydrogen-bond acceptors (Lipinski definition) is 2. The minimum atomic E-state index is -0.602. The van der Waals surface area contributed by atoms with Crippen LogP contribution in [0.2, 0.25) is 0 Å². The van der Waals surface area contributed by atoms with Crippen molar-refractivity contribution in [3.63, 3.8) is 0 Å². The fourth-order valence-electron chi connectivity index (χ4n) is 1.56. The van der Waals surface area contributed by atoms with Gasteiger partial charge in [0.05, 0.1) is 12.2 Å². The summed E-state index contributed by atoms with van der Waals surface area (Å²) in [6, 6.07) is 0. The van der Waals surface area contributed by atoms with E-state index >= 15 is 0 Å². The summed E-state index contributed by atoms with van der Waals surface area (Å²) < 4.78 is 0. The van der Waals surface area contributed by atoms with Gasteiger partial charge in [0.25, 0.3) is 0 Å². The molecule has 0 saturated heterocycles. The number of rotatable bonds is 6. The molecule has 0 amide bonds. The van der Waals surface area contributed by atoms with Crippen molar-refractivity contribution in [2.24, 2.45) is 11.8 Å². The second kappa shape index (κ2) is 6.17. The third-order valence-corrected chi connectivity index (χ3v) is 2.65. The van der Waals surface area contributed by atoms with Gasteiger partial charge in [-0.3, -0.25) is 0 Å². The molecule has 2 nitrogen and oxygen atoms in total. The summed E-state index contributed by atoms with van der Waals surface area (Å²) in [6.45, 7) is 9.47. The van der Waals surface area contributed by atoms with Crippen LogP contribution >= 0.6 is 0 Å². The molecule has 2 heteroatoms. The van der Waals surface area contributed by atoms with Gasteiger partial charge in [0.2, 0.25) is 0 Å². The largest absolute Gasteiger partial charge is 0.392 e. The van der Waals surface area contributed by atoms with E-state index in [9.17, 15) is 10.2 Å². The average molecular weight is 186 g/mol. The molecule has 0 aromatic rings. The Morgan fingerprint density at radius 1 is 1.31 bits per heavy atom. The Morgan fingerprint density at radius 2 is 1.85 bits per heavy atom. The quantitative estimate of drug-likeness (QED) is 0.623. The molecule has 0 aromatic carbocycles. The molecule has 0 aliphatic carbocycles. The van der Waals surface area contributed by atoms with Crippen molar-refractivity contribution in [1.29, 1.82) is 0 Å². The molecule has 0 aliphatic rings. The first-order chi connectivity index (χ1) is 6.04. The van der Waals surface area contributed by atoms with Crippen molar-refractivity contribution >= 4 is 0 Å². The zero-order chi connectivity index (χ0) is 10.4. The highest BCUT2D eigenvalue weighted by atomic mass is 16.3. The number of hydrogen-bond donors (Lipinski definition) is 2. The van der Waals surface area contributed by atoms with Gasteiger partial charge in [-0.15, -0.1) is 6.58 Å². The lowest BCUT2D eigenvalue weighted by atomic mass is 9.87. The maximum absolute atomic E-state index is 9.81. The minimum Gasteiger partial charge on any atom is -0.392 e. The maximum atomic E-state index is 9.81. The molecular weight excluding hydrogens is 164 g/mol. The van der Waals surface area contributed by atoms with E-state index < -0.39 is 12.2 Å². The SMILES string of the molecule is C=C[C@H](O)[C@H](C)[C@H](O)[C@@H](C)CCC. The van der Waals surface area contributed by atoms with Crippen molar-refractivity contribution in [3.8, 4) is 0 Å². The van der Waals surface area contributed by atoms with Gasteiger partial charge in [0.1, 0.15) is 0 Å². The van der Waals surface area contributed by atoms with Crippen LogP contribution in [0.3, 0.4) is 0 Å². The summed E-state index contributed by atoms with van der Waals surface area (Å²) in [5.41, 5.74) is 0. The van der Waals surface area contributed by atoms with Crippen molar-refractivity contribution in [1.82, 2.24) is 0 Å². The standard InChI is InChI=1S/C11H22O2/c1-5-7-8(3)11(13)9(4)10(12)6-2/h6,8-13H,2,5,7H2,1,3-4H3/t8-,9-,10-,11+/m0/s1. The summed E-state index contributed by atoms with van der Waals surface area (Å²) in [5, 5.41) is 19.2. The van der Waals surface area contributed by atoms with Crippen LogP contribution in [0.25, 0.3) is 0 Å². The maximum Gasteiger partial charge on any atom is 0.0768 e. The molecule has 13 heavy (non-hydrogen) atoms. The van der Waals surface area contributed by atoms with Gasteiger partial charge in [-0.25, -0.2) is 0 Å². The first-order valence-corrected chi connectivity index (χ1v) is 5.03. The zero-order valence-electron chi connectivity index (χ0n) is 8.90. The van der Waals surface area contributed by atoms with Crippen LogP contribution in [0.4, 0.5) is 0 Å². The summed E-state index contributed by atoms with van der Waals surface area (Å²) in [6.07, 6.45) is 2.50. The van der Waals surface area contributed by atoms with Gasteiger partial charge < -0.3 is 10.2 Å². The molecule has 0 rings (SSSR count). The molecule has 0 aromatic heterocycles. The summed E-state index contributed by atoms with van der Waals surface area (Å²) in [5.74, 6) is 0.119. The first kappa shape index (κ1) is 12.7. The van der Waals surface area contributed by atoms with Crippen molar-refractivity contribution in [3.05, 3.63) is 12.7 Å². The molecule has 0 bridgehead atoms. The fraction of sp³-hybridized carbons (Fsp3) is 0.818. The fourth-order valence-corrected chi connectivity index (χ4v) is 1.56. The van der Waals surface area contributed by atoms with Crippen molar-refractivity contribution in [2.45, 2.75) is 45.8 Å². The molecule has 78 valence electrons. The third-order valence-electron chi connectivity index (χ3n) is 2.65. The molecule has 0 aliphatic heterocycles. The van der Waals surface area contributed by atoms with E-state index in [4.69, 9.17) is 0 Å². The highest BCUT2D eigenvalue weighted by Gasteiger charge is 2.24. The first-order valence-electron chi connectivity index (χ1n) is 5.03. The van der Waals surface area contributed by atoms with E-state index in [1.54, 1.807) is 0 Å². The van der Waals surface area contributed by atoms with E-state index in [1.165, 1.54) is 6.08 Å². The van der Waals surface area contributed by atoms with Crippen LogP contribution in [0.1, 0.15) is 33.6 Å². The van der Waals surface area contributed by atoms with Gasteiger partial charge >= 0.3 is 0 Å². The van der Waals surface area contributed by atoms with E-state index in [1.807, 2.05) is 13.8 Å². The predicted molar refractivity (Wildman–Crippen MR) is 55.4 cm³/mol. The van der Waals surface area contributed by atoms with Crippen LogP contribution in [-0.2, 0) is 0 Å². The average Bonchev–Trinajstić information content (AvgIpc) is 2.14. The summed E-state index contributed by atoms with van der Waals surface area (Å²) in [7, 11) is 0. The van der Waals surface area contributed by atoms with Crippen LogP contribution in [0.5, 0.6) is 0 Å². The van der Waals surface area contributed by atoms with Crippen molar-refractivity contribution < 1.29 is 10.2 Å². The van der Waals surface area contributed by atoms with Crippen LogP contribution in [0.15, 0.2) is 12.7 Å². The molecule has 0 heterocycles. The van der Waals surface area contributed by atoms with Gasteiger partial charge in [0, 0.05) is 5.92 Å². The van der Waals surface area contributed by atoms with Gasteiger partial charge in [-0.1, -0.05) is 33.3 Å². The Bertz CT molecular complexity index is 145. The van der Waals surface area contributed by atoms with Gasteiger partial charge in [-0.05, 0) is 12.3 Å². The van der Waals surface area contributed by atoms with Crippen LogP contribution < -0.4 is 0 Å². The van der Waals surface area contributed by atoms with Crippen molar-refractivity contribution in [2.75, 3.05) is 0 Å². The highest BCUT2D eigenvalue weighted by Crippen LogP contribution is 2.20. The Hall–Kier alpha value is -0.340. The lowest BCUT2D eigenvalue weighted by molar-refractivity contribution is 0.00972. The second-order valence-electron chi connectivity index (χ2n) is 3.84. The molecule has 4 atom stereocenters. The topological polar surface area (TPSA) is 40.5 Å². The monoisotopic (exact) mass is 186 g/mol. The lowest BCUT2D eigenvalue weighted by Gasteiger charge is -2.26. The molecule has 0 fully saturated rings. The lowest BCUT2D eigenvalue weighted by Crippen LogP contribution is -2.32. The summed E-state index contributed by atoms with van der Waals surface area (Å²) >= 11 is 0. The Labute approximate surface area is 81.3 Å². The molecule has 0 radical (unpaired) electrons. The van der Waals surface area contributed by atoms with Gasteiger partial charge in [0.15, 0.2) is 0 Å². The summed E-state index contributed by atoms with van der Waals surface area (Å²) in [4.78, 5) is 0. The minimum absolute atomic E-state index is 0.126.